The van der Waals surface area contributed by atoms with Crippen LogP contribution in [-0.4, -0.2) is 59.8 Å². The Hall–Kier alpha value is -3.87. The maximum atomic E-state index is 14.9. The first-order valence-electron chi connectivity index (χ1n) is 20.9. The van der Waals surface area contributed by atoms with E-state index in [1.54, 1.807) is 26.0 Å². The largest absolute Gasteiger partial charge is 0.418 e. The Labute approximate surface area is 344 Å². The van der Waals surface area contributed by atoms with Crippen LogP contribution in [0, 0.1) is 29.5 Å². The van der Waals surface area contributed by atoms with E-state index in [0.717, 1.165) is 6.07 Å². The molecule has 0 radical (unpaired) electrons. The number of benzene rings is 2. The maximum absolute atomic E-state index is 14.9. The summed E-state index contributed by atoms with van der Waals surface area (Å²) in [6.07, 6.45) is -3.07. The third kappa shape index (κ3) is 12.1. The molecule has 1 aromatic heterocycles. The number of aryl methyl sites for hydroxylation is 1. The second-order valence-electron chi connectivity index (χ2n) is 15.8. The highest BCUT2D eigenvalue weighted by Gasteiger charge is 2.47. The molecule has 0 fully saturated rings. The van der Waals surface area contributed by atoms with E-state index in [0.29, 0.717) is 36.9 Å². The SMILES string of the molecule is CCOP(=O)(CCCCNC(=O)[C@@H](CC(=O)[C@@]1(NC(=O)[C@@H](CC(=O)Cc2ccccc2F)C(C)CC)CCc2[nH]c3c(C(F)(F)F)cccc3c2C1)C(C)CC)OCC. The highest BCUT2D eigenvalue weighted by atomic mass is 31.2. The van der Waals surface area contributed by atoms with Crippen molar-refractivity contribution in [2.75, 3.05) is 25.9 Å². The lowest BCUT2D eigenvalue weighted by Gasteiger charge is -2.39. The minimum absolute atomic E-state index is 0.0453. The molecule has 5 atom stereocenters. The molecular formula is C44H60F4N3O7P. The lowest BCUT2D eigenvalue weighted by atomic mass is 9.72. The van der Waals surface area contributed by atoms with Gasteiger partial charge in [-0.15, -0.1) is 0 Å². The summed E-state index contributed by atoms with van der Waals surface area (Å²) in [5.41, 5.74) is -1.35. The van der Waals surface area contributed by atoms with Crippen LogP contribution in [0.3, 0.4) is 0 Å². The molecule has 2 aromatic carbocycles. The number of nitrogens with one attached hydrogen (secondary N) is 3. The second-order valence-corrected chi connectivity index (χ2v) is 18.0. The molecule has 4 rings (SSSR count). The van der Waals surface area contributed by atoms with Crippen molar-refractivity contribution in [3.63, 3.8) is 0 Å². The molecule has 2 unspecified atom stereocenters. The van der Waals surface area contributed by atoms with Crippen molar-refractivity contribution >= 4 is 41.9 Å². The van der Waals surface area contributed by atoms with E-state index in [-0.39, 0.29) is 104 Å². The van der Waals surface area contributed by atoms with Gasteiger partial charge in [0.25, 0.3) is 0 Å². The number of aromatic nitrogens is 1. The number of halogens is 4. The zero-order valence-corrected chi connectivity index (χ0v) is 36.0. The summed E-state index contributed by atoms with van der Waals surface area (Å²) < 4.78 is 80.5. The van der Waals surface area contributed by atoms with Gasteiger partial charge in [0.1, 0.15) is 17.1 Å². The molecule has 0 saturated heterocycles. The molecule has 0 aliphatic heterocycles. The van der Waals surface area contributed by atoms with E-state index in [2.05, 4.69) is 15.6 Å². The number of carbonyl (C=O) groups is 4. The van der Waals surface area contributed by atoms with E-state index in [1.807, 2.05) is 27.7 Å². The molecular weight excluding hydrogens is 789 g/mol. The standard InChI is InChI=1S/C44H60F4N3O7P/c1-7-28(5)33(25-31(52)24-30-16-11-12-19-37(30)45)42(55)51-43(21-20-38-35(27-43)32-17-15-18-36(40(32)50-38)44(46,47)48)39(53)26-34(29(6)8-2)41(54)49-22-13-14-23-59(56,57-9-3)58-10-4/h11-12,15-19,28-29,33-34,50H,7-10,13-14,20-27H2,1-6H3,(H,49,54)(H,51,55)/t28?,29?,33-,34-,43+/m0/s1. The van der Waals surface area contributed by atoms with Crippen LogP contribution in [0.15, 0.2) is 42.5 Å². The predicted octanol–water partition coefficient (Wildman–Crippen LogP) is 9.32. The average molecular weight is 850 g/mol. The monoisotopic (exact) mass is 849 g/mol. The molecule has 1 aliphatic rings. The van der Waals surface area contributed by atoms with Gasteiger partial charge in [-0.1, -0.05) is 70.9 Å². The fourth-order valence-electron chi connectivity index (χ4n) is 8.02. The number of hydrogen-bond donors (Lipinski definition) is 3. The van der Waals surface area contributed by atoms with E-state index >= 15 is 0 Å². The molecule has 0 saturated carbocycles. The van der Waals surface area contributed by atoms with Gasteiger partial charge < -0.3 is 24.7 Å². The number of alkyl halides is 3. The molecule has 3 aromatic rings. The quantitative estimate of drug-likeness (QED) is 0.0490. The Bertz CT molecular complexity index is 1970. The number of hydrogen-bond acceptors (Lipinski definition) is 7. The third-order valence-corrected chi connectivity index (χ3v) is 14.0. The molecule has 15 heteroatoms. The summed E-state index contributed by atoms with van der Waals surface area (Å²) in [6, 6.07) is 9.78. The topological polar surface area (TPSA) is 144 Å². The van der Waals surface area contributed by atoms with Gasteiger partial charge in [-0.25, -0.2) is 4.39 Å². The van der Waals surface area contributed by atoms with E-state index in [9.17, 15) is 41.3 Å². The first-order valence-corrected chi connectivity index (χ1v) is 22.6. The van der Waals surface area contributed by atoms with Crippen molar-refractivity contribution in [3.05, 3.63) is 70.7 Å². The molecule has 10 nitrogen and oxygen atoms in total. The predicted molar refractivity (Wildman–Crippen MR) is 219 cm³/mol. The summed E-state index contributed by atoms with van der Waals surface area (Å²) in [5.74, 6) is -4.51. The van der Waals surface area contributed by atoms with Gasteiger partial charge in [0.15, 0.2) is 5.78 Å². The number of rotatable bonds is 23. The number of carbonyl (C=O) groups excluding carboxylic acids is 4. The smallest absolute Gasteiger partial charge is 0.358 e. The van der Waals surface area contributed by atoms with Gasteiger partial charge in [-0.2, -0.15) is 13.2 Å². The molecule has 326 valence electrons. The maximum Gasteiger partial charge on any atom is 0.418 e. The van der Waals surface area contributed by atoms with E-state index in [1.165, 1.54) is 24.3 Å². The molecule has 2 amide bonds. The van der Waals surface area contributed by atoms with Crippen molar-refractivity contribution in [2.45, 2.75) is 117 Å². The van der Waals surface area contributed by atoms with Gasteiger partial charge in [-0.05, 0) is 74.6 Å². The van der Waals surface area contributed by atoms with Crippen molar-refractivity contribution in [1.29, 1.82) is 0 Å². The van der Waals surface area contributed by atoms with Crippen LogP contribution < -0.4 is 10.6 Å². The Morgan fingerprint density at radius 2 is 1.53 bits per heavy atom. The molecule has 3 N–H and O–H groups in total. The summed E-state index contributed by atoms with van der Waals surface area (Å²) in [5, 5.41) is 6.24. The Morgan fingerprint density at radius 3 is 2.14 bits per heavy atom. The number of para-hydroxylation sites is 1. The number of ketones is 2. The number of unbranched alkanes of at least 4 members (excludes halogenated alkanes) is 1. The van der Waals surface area contributed by atoms with Gasteiger partial charge in [0.2, 0.25) is 11.8 Å². The third-order valence-electron chi connectivity index (χ3n) is 11.9. The number of Topliss-reactive ketones (excluding diaryl/α,β-unsaturated/α-hetero) is 2. The van der Waals surface area contributed by atoms with Gasteiger partial charge in [-0.3, -0.25) is 23.7 Å². The Morgan fingerprint density at radius 1 is 0.881 bits per heavy atom. The van der Waals surface area contributed by atoms with Crippen LogP contribution in [0.4, 0.5) is 17.6 Å². The average Bonchev–Trinajstić information content (AvgIpc) is 3.56. The highest BCUT2D eigenvalue weighted by Crippen LogP contribution is 2.48. The van der Waals surface area contributed by atoms with Gasteiger partial charge in [0.05, 0.1) is 30.5 Å². The van der Waals surface area contributed by atoms with Crippen LogP contribution in [0.2, 0.25) is 0 Å². The minimum Gasteiger partial charge on any atom is -0.358 e. The Kier molecular flexibility index (Phi) is 17.1. The van der Waals surface area contributed by atoms with Crippen LogP contribution in [0.5, 0.6) is 0 Å². The summed E-state index contributed by atoms with van der Waals surface area (Å²) in [6.45, 7) is 11.6. The first-order chi connectivity index (χ1) is 27.9. The molecule has 0 spiro atoms. The van der Waals surface area contributed by atoms with Crippen molar-refractivity contribution in [1.82, 2.24) is 15.6 Å². The van der Waals surface area contributed by atoms with E-state index in [4.69, 9.17) is 9.05 Å². The lowest BCUT2D eigenvalue weighted by molar-refractivity contribution is -0.139. The zero-order chi connectivity index (χ0) is 43.5. The van der Waals surface area contributed by atoms with Crippen molar-refractivity contribution < 1.29 is 50.4 Å². The van der Waals surface area contributed by atoms with Crippen LogP contribution in [0.1, 0.15) is 109 Å². The molecule has 0 bridgehead atoms. The van der Waals surface area contributed by atoms with Crippen LogP contribution >= 0.6 is 7.60 Å². The van der Waals surface area contributed by atoms with Gasteiger partial charge in [0, 0.05) is 55.1 Å². The fraction of sp³-hybridized carbons (Fsp3) is 0.591. The number of fused-ring (bicyclic) bond motifs is 3. The highest BCUT2D eigenvalue weighted by molar-refractivity contribution is 7.53. The van der Waals surface area contributed by atoms with E-state index < -0.39 is 54.2 Å². The molecule has 59 heavy (non-hydrogen) atoms. The summed E-state index contributed by atoms with van der Waals surface area (Å²) in [7, 11) is -3.25. The lowest BCUT2D eigenvalue weighted by Crippen LogP contribution is -2.60. The number of amides is 2. The minimum atomic E-state index is -4.64. The zero-order valence-electron chi connectivity index (χ0n) is 35.1. The van der Waals surface area contributed by atoms with Crippen molar-refractivity contribution in [3.8, 4) is 0 Å². The number of H-pyrrole nitrogens is 1. The van der Waals surface area contributed by atoms with Gasteiger partial charge >= 0.3 is 13.8 Å². The molecule has 1 heterocycles. The Balaban J connectivity index is 1.64. The summed E-state index contributed by atoms with van der Waals surface area (Å²) >= 11 is 0. The van der Waals surface area contributed by atoms with Crippen LogP contribution in [0.25, 0.3) is 10.9 Å². The molecule has 1 aliphatic carbocycles. The second kappa shape index (κ2) is 21.1. The number of aromatic amines is 1. The first kappa shape index (κ1) is 47.8. The fourth-order valence-corrected chi connectivity index (χ4v) is 9.75. The van der Waals surface area contributed by atoms with Crippen LogP contribution in [-0.2, 0) is 58.2 Å². The summed E-state index contributed by atoms with van der Waals surface area (Å²) in [4.78, 5) is 59.5. The normalized spacial score (nSPS) is 17.8. The van der Waals surface area contributed by atoms with Crippen molar-refractivity contribution in [2.24, 2.45) is 23.7 Å².